The predicted molar refractivity (Wildman–Crippen MR) is 109 cm³/mol. The molecule has 0 spiro atoms. The van der Waals surface area contributed by atoms with Crippen molar-refractivity contribution in [2.45, 2.75) is 38.3 Å². The molecule has 9 heteroatoms. The van der Waals surface area contributed by atoms with Gasteiger partial charge in [0.05, 0.1) is 18.5 Å². The first-order chi connectivity index (χ1) is 14.3. The summed E-state index contributed by atoms with van der Waals surface area (Å²) in [5.41, 5.74) is 0.261. The van der Waals surface area contributed by atoms with Gasteiger partial charge < -0.3 is 25.6 Å². The van der Waals surface area contributed by atoms with E-state index in [-0.39, 0.29) is 24.5 Å². The third kappa shape index (κ3) is 5.71. The van der Waals surface area contributed by atoms with Gasteiger partial charge in [0, 0.05) is 13.6 Å². The number of nitrogens with zero attached hydrogens (tertiary/aromatic N) is 1. The number of carbonyl (C=O) groups excluding carboxylic acids is 4. The molecule has 2 atom stereocenters. The second kappa shape index (κ2) is 9.60. The van der Waals surface area contributed by atoms with Crippen LogP contribution in [0.25, 0.3) is 0 Å². The Morgan fingerprint density at radius 1 is 1.20 bits per heavy atom. The number of nitrogens with one attached hydrogen (secondary N) is 3. The zero-order chi connectivity index (χ0) is 21.7. The number of carbonyl (C=O) groups is 4. The predicted octanol–water partition coefficient (Wildman–Crippen LogP) is 0.0568. The van der Waals surface area contributed by atoms with Crippen LogP contribution in [-0.2, 0) is 14.4 Å². The van der Waals surface area contributed by atoms with Gasteiger partial charge in [-0.1, -0.05) is 12.1 Å². The number of hydrogen-bond donors (Lipinski definition) is 3. The van der Waals surface area contributed by atoms with Gasteiger partial charge in [0.1, 0.15) is 24.4 Å². The summed E-state index contributed by atoms with van der Waals surface area (Å²) in [6.07, 6.45) is 1.86. The Morgan fingerprint density at radius 3 is 2.67 bits per heavy atom. The highest BCUT2D eigenvalue weighted by atomic mass is 16.5. The average Bonchev–Trinajstić information content (AvgIpc) is 3.54. The van der Waals surface area contributed by atoms with Crippen LogP contribution in [0.2, 0.25) is 0 Å². The fourth-order valence-electron chi connectivity index (χ4n) is 3.20. The molecule has 1 aliphatic carbocycles. The highest BCUT2D eigenvalue weighted by Crippen LogP contribution is 2.27. The lowest BCUT2D eigenvalue weighted by molar-refractivity contribution is -0.135. The zero-order valence-electron chi connectivity index (χ0n) is 17.3. The van der Waals surface area contributed by atoms with E-state index in [4.69, 9.17) is 4.74 Å². The zero-order valence-corrected chi connectivity index (χ0v) is 17.3. The molecule has 0 radical (unpaired) electrons. The highest BCUT2D eigenvalue weighted by molar-refractivity contribution is 6.01. The summed E-state index contributed by atoms with van der Waals surface area (Å²) in [5, 5.41) is 8.06. The van der Waals surface area contributed by atoms with Gasteiger partial charge in [0.2, 0.25) is 17.7 Å². The molecule has 1 saturated carbocycles. The van der Waals surface area contributed by atoms with Crippen molar-refractivity contribution in [1.82, 2.24) is 20.9 Å². The molecule has 2 aliphatic rings. The van der Waals surface area contributed by atoms with Gasteiger partial charge in [-0.25, -0.2) is 0 Å². The van der Waals surface area contributed by atoms with Crippen molar-refractivity contribution < 1.29 is 23.9 Å². The van der Waals surface area contributed by atoms with Crippen LogP contribution >= 0.6 is 0 Å². The van der Waals surface area contributed by atoms with Gasteiger partial charge >= 0.3 is 0 Å². The van der Waals surface area contributed by atoms with E-state index in [1.165, 1.54) is 4.90 Å². The standard InChI is InChI=1S/C21H28N4O5/c1-13-21(29)25(2)9-10-30-17-6-4-3-5-15(17)19(27)24-16(11-18(26)23-13)20(28)22-12-14-7-8-14/h3-6,13-14,16H,7-12H2,1-2H3,(H,22,28)(H,23,26)(H,24,27)/t13-,16-/m0/s1. The van der Waals surface area contributed by atoms with E-state index in [0.29, 0.717) is 24.8 Å². The maximum atomic E-state index is 12.9. The second-order valence-corrected chi connectivity index (χ2v) is 7.81. The van der Waals surface area contributed by atoms with Crippen LogP contribution in [0.3, 0.4) is 0 Å². The van der Waals surface area contributed by atoms with Crippen LogP contribution in [0.5, 0.6) is 5.75 Å². The molecule has 1 aromatic carbocycles. The minimum absolute atomic E-state index is 0.179. The van der Waals surface area contributed by atoms with Crippen molar-refractivity contribution in [1.29, 1.82) is 0 Å². The Labute approximate surface area is 175 Å². The number of rotatable bonds is 3. The molecule has 1 fully saturated rings. The van der Waals surface area contributed by atoms with Crippen LogP contribution in [0, 0.1) is 5.92 Å². The highest BCUT2D eigenvalue weighted by Gasteiger charge is 2.29. The molecule has 162 valence electrons. The molecule has 0 saturated heterocycles. The Balaban J connectivity index is 1.83. The van der Waals surface area contributed by atoms with Crippen LogP contribution in [0.1, 0.15) is 36.5 Å². The minimum atomic E-state index is -1.06. The number of ether oxygens (including phenoxy) is 1. The smallest absolute Gasteiger partial charge is 0.255 e. The first kappa shape index (κ1) is 21.6. The fourth-order valence-corrected chi connectivity index (χ4v) is 3.20. The molecule has 0 bridgehead atoms. The first-order valence-electron chi connectivity index (χ1n) is 10.2. The van der Waals surface area contributed by atoms with Crippen molar-refractivity contribution in [3.63, 3.8) is 0 Å². The van der Waals surface area contributed by atoms with Gasteiger partial charge in [-0.15, -0.1) is 0 Å². The van der Waals surface area contributed by atoms with Gasteiger partial charge in [-0.3, -0.25) is 19.2 Å². The van der Waals surface area contributed by atoms with E-state index in [0.717, 1.165) is 12.8 Å². The van der Waals surface area contributed by atoms with E-state index in [2.05, 4.69) is 16.0 Å². The van der Waals surface area contributed by atoms with Crippen molar-refractivity contribution >= 4 is 23.6 Å². The normalized spacial score (nSPS) is 23.4. The molecule has 1 heterocycles. The van der Waals surface area contributed by atoms with Crippen LogP contribution in [0.4, 0.5) is 0 Å². The maximum Gasteiger partial charge on any atom is 0.255 e. The van der Waals surface area contributed by atoms with Crippen molar-refractivity contribution in [3.05, 3.63) is 29.8 Å². The third-order valence-electron chi connectivity index (χ3n) is 5.21. The number of para-hydroxylation sites is 1. The molecule has 30 heavy (non-hydrogen) atoms. The van der Waals surface area contributed by atoms with Gasteiger partial charge in [0.15, 0.2) is 0 Å². The summed E-state index contributed by atoms with van der Waals surface area (Å²) in [6.45, 7) is 2.57. The Kier molecular flexibility index (Phi) is 6.91. The molecule has 1 aromatic rings. The molecule has 3 rings (SSSR count). The van der Waals surface area contributed by atoms with E-state index in [1.54, 1.807) is 38.2 Å². The van der Waals surface area contributed by atoms with Gasteiger partial charge in [0.25, 0.3) is 5.91 Å². The number of likely N-dealkylation sites (N-methyl/N-ethyl adjacent to an activating group) is 1. The van der Waals surface area contributed by atoms with Gasteiger partial charge in [-0.05, 0) is 37.8 Å². The largest absolute Gasteiger partial charge is 0.491 e. The van der Waals surface area contributed by atoms with E-state index in [9.17, 15) is 19.2 Å². The lowest BCUT2D eigenvalue weighted by Gasteiger charge is -2.25. The lowest BCUT2D eigenvalue weighted by Crippen LogP contribution is -2.52. The molecule has 4 amide bonds. The number of hydrogen-bond acceptors (Lipinski definition) is 5. The Morgan fingerprint density at radius 2 is 1.93 bits per heavy atom. The first-order valence-corrected chi connectivity index (χ1v) is 10.2. The van der Waals surface area contributed by atoms with Gasteiger partial charge in [-0.2, -0.15) is 0 Å². The molecular weight excluding hydrogens is 388 g/mol. The summed E-state index contributed by atoms with van der Waals surface area (Å²) in [5.74, 6) is -0.873. The lowest BCUT2D eigenvalue weighted by atomic mass is 10.1. The summed E-state index contributed by atoms with van der Waals surface area (Å²) in [4.78, 5) is 51.9. The topological polar surface area (TPSA) is 117 Å². The van der Waals surface area contributed by atoms with Crippen LogP contribution in [-0.4, -0.2) is 67.4 Å². The van der Waals surface area contributed by atoms with Crippen molar-refractivity contribution in [2.75, 3.05) is 26.7 Å². The minimum Gasteiger partial charge on any atom is -0.491 e. The summed E-state index contributed by atoms with van der Waals surface area (Å²) >= 11 is 0. The Hall–Kier alpha value is -3.10. The summed E-state index contributed by atoms with van der Waals surface area (Å²) < 4.78 is 5.72. The molecule has 0 aromatic heterocycles. The molecular formula is C21H28N4O5. The van der Waals surface area contributed by atoms with Crippen LogP contribution in [0.15, 0.2) is 24.3 Å². The molecule has 1 aliphatic heterocycles. The Bertz CT molecular complexity index is 823. The van der Waals surface area contributed by atoms with E-state index in [1.807, 2.05) is 0 Å². The number of benzene rings is 1. The average molecular weight is 416 g/mol. The quantitative estimate of drug-likeness (QED) is 0.644. The second-order valence-electron chi connectivity index (χ2n) is 7.81. The SMILES string of the molecule is C[C@@H]1NC(=O)C[C@@H](C(=O)NCC2CC2)NC(=O)c2ccccc2OCCN(C)C1=O. The molecule has 0 unspecified atom stereocenters. The van der Waals surface area contributed by atoms with Crippen molar-refractivity contribution in [3.8, 4) is 5.75 Å². The van der Waals surface area contributed by atoms with Crippen molar-refractivity contribution in [2.24, 2.45) is 5.92 Å². The molecule has 3 N–H and O–H groups in total. The fraction of sp³-hybridized carbons (Fsp3) is 0.524. The van der Waals surface area contributed by atoms with Crippen LogP contribution < -0.4 is 20.7 Å². The summed E-state index contributed by atoms with van der Waals surface area (Å²) in [6, 6.07) is 4.85. The monoisotopic (exact) mass is 416 g/mol. The van der Waals surface area contributed by atoms with E-state index >= 15 is 0 Å². The summed E-state index contributed by atoms with van der Waals surface area (Å²) in [7, 11) is 1.62. The molecule has 9 nitrogen and oxygen atoms in total. The third-order valence-corrected chi connectivity index (χ3v) is 5.21. The maximum absolute atomic E-state index is 12.9. The van der Waals surface area contributed by atoms with E-state index < -0.39 is 29.8 Å². The number of fused-ring (bicyclic) bond motifs is 1. The number of amides is 4.